The van der Waals surface area contributed by atoms with Gasteiger partial charge in [-0.25, -0.2) is 4.98 Å². The Balaban J connectivity index is 2.29. The van der Waals surface area contributed by atoms with Crippen molar-refractivity contribution in [3.8, 4) is 0 Å². The second-order valence-corrected chi connectivity index (χ2v) is 5.72. The summed E-state index contributed by atoms with van der Waals surface area (Å²) in [7, 11) is 4.19. The monoisotopic (exact) mass is 348 g/mol. The summed E-state index contributed by atoms with van der Waals surface area (Å²) in [6.45, 7) is 3.03. The Morgan fingerprint density at radius 3 is 2.94 bits per heavy atom. The summed E-state index contributed by atoms with van der Waals surface area (Å²) in [6, 6.07) is 0.173. The van der Waals surface area contributed by atoms with E-state index in [9.17, 15) is 4.79 Å². The van der Waals surface area contributed by atoms with Crippen LogP contribution < -0.4 is 5.56 Å². The molecule has 5 nitrogen and oxygen atoms in total. The fraction of sp³-hybridized carbons (Fsp3) is 0.636. The first kappa shape index (κ1) is 13.0. The van der Waals surface area contributed by atoms with Crippen LogP contribution in [0.3, 0.4) is 0 Å². The molecule has 1 aromatic heterocycles. The van der Waals surface area contributed by atoms with Crippen molar-refractivity contribution >= 4 is 22.6 Å². The van der Waals surface area contributed by atoms with E-state index in [-0.39, 0.29) is 11.6 Å². The van der Waals surface area contributed by atoms with Gasteiger partial charge in [-0.15, -0.1) is 0 Å². The lowest BCUT2D eigenvalue weighted by Gasteiger charge is -2.26. The molecule has 0 bridgehead atoms. The Morgan fingerprint density at radius 1 is 1.47 bits per heavy atom. The second kappa shape index (κ2) is 5.45. The molecule has 17 heavy (non-hydrogen) atoms. The van der Waals surface area contributed by atoms with Crippen LogP contribution in [0.15, 0.2) is 11.0 Å². The van der Waals surface area contributed by atoms with Crippen LogP contribution >= 0.6 is 22.6 Å². The highest BCUT2D eigenvalue weighted by molar-refractivity contribution is 14.1. The number of H-pyrrole nitrogens is 1. The third-order valence-electron chi connectivity index (χ3n) is 3.16. The van der Waals surface area contributed by atoms with Gasteiger partial charge >= 0.3 is 0 Å². The molecule has 6 heteroatoms. The van der Waals surface area contributed by atoms with E-state index < -0.39 is 0 Å². The van der Waals surface area contributed by atoms with Gasteiger partial charge in [0.15, 0.2) is 0 Å². The first-order valence-corrected chi connectivity index (χ1v) is 6.79. The smallest absolute Gasteiger partial charge is 0.264 e. The molecule has 1 aliphatic heterocycles. The number of nitrogens with zero attached hydrogens (tertiary/aromatic N) is 3. The average molecular weight is 348 g/mol. The molecule has 1 aliphatic rings. The topological polar surface area (TPSA) is 52.2 Å². The Hall–Kier alpha value is -0.470. The zero-order valence-corrected chi connectivity index (χ0v) is 12.3. The largest absolute Gasteiger partial charge is 0.308 e. The van der Waals surface area contributed by atoms with Crippen LogP contribution in [0.4, 0.5) is 0 Å². The van der Waals surface area contributed by atoms with Crippen LogP contribution in [0, 0.1) is 3.57 Å². The maximum Gasteiger partial charge on any atom is 0.264 e. The molecule has 0 aliphatic carbocycles. The second-order valence-electron chi connectivity index (χ2n) is 4.56. The SMILES string of the molecule is CN1CCCN(C)C(c2ncc(I)c(=O)[nH]2)C1. The van der Waals surface area contributed by atoms with Gasteiger partial charge in [0, 0.05) is 12.7 Å². The standard InChI is InChI=1S/C11H17IN4O/c1-15-4-3-5-16(2)9(7-15)10-13-6-8(12)11(17)14-10/h6,9H,3-5,7H2,1-2H3,(H,13,14,17). The number of aromatic nitrogens is 2. The Kier molecular flexibility index (Phi) is 4.16. The minimum atomic E-state index is -0.0455. The molecule has 1 saturated heterocycles. The summed E-state index contributed by atoms with van der Waals surface area (Å²) in [6.07, 6.45) is 2.80. The van der Waals surface area contributed by atoms with Crippen molar-refractivity contribution in [1.29, 1.82) is 0 Å². The number of halogens is 1. The van der Waals surface area contributed by atoms with Gasteiger partial charge in [0.2, 0.25) is 0 Å². The first-order chi connectivity index (χ1) is 8.08. The summed E-state index contributed by atoms with van der Waals surface area (Å²) in [5.41, 5.74) is -0.0455. The Labute approximate surface area is 114 Å². The fourth-order valence-corrected chi connectivity index (χ4v) is 2.40. The van der Waals surface area contributed by atoms with E-state index in [2.05, 4.69) is 33.9 Å². The molecule has 0 amide bonds. The van der Waals surface area contributed by atoms with Crippen LogP contribution in [-0.2, 0) is 0 Å². The molecular formula is C11H17IN4O. The van der Waals surface area contributed by atoms with E-state index in [1.807, 2.05) is 22.6 Å². The summed E-state index contributed by atoms with van der Waals surface area (Å²) < 4.78 is 0.635. The number of likely N-dealkylation sites (N-methyl/N-ethyl adjacent to an activating group) is 2. The lowest BCUT2D eigenvalue weighted by Crippen LogP contribution is -2.33. The van der Waals surface area contributed by atoms with Crippen molar-refractivity contribution in [2.24, 2.45) is 0 Å². The van der Waals surface area contributed by atoms with Crippen molar-refractivity contribution < 1.29 is 0 Å². The molecule has 2 rings (SSSR count). The van der Waals surface area contributed by atoms with Crippen molar-refractivity contribution in [2.45, 2.75) is 12.5 Å². The normalized spacial score (nSPS) is 23.6. The summed E-state index contributed by atoms with van der Waals surface area (Å²) in [5.74, 6) is 0.770. The predicted octanol–water partition coefficient (Wildman–Crippen LogP) is 0.683. The van der Waals surface area contributed by atoms with Gasteiger partial charge in [0.05, 0.1) is 9.61 Å². The van der Waals surface area contributed by atoms with Gasteiger partial charge in [0.25, 0.3) is 5.56 Å². The number of hydrogen-bond acceptors (Lipinski definition) is 4. The molecule has 1 unspecified atom stereocenters. The van der Waals surface area contributed by atoms with Gasteiger partial charge in [-0.1, -0.05) is 0 Å². The van der Waals surface area contributed by atoms with E-state index in [0.29, 0.717) is 3.57 Å². The minimum Gasteiger partial charge on any atom is -0.308 e. The highest BCUT2D eigenvalue weighted by Crippen LogP contribution is 2.19. The number of hydrogen-bond donors (Lipinski definition) is 1. The number of nitrogens with one attached hydrogen (secondary N) is 1. The van der Waals surface area contributed by atoms with Crippen molar-refractivity contribution in [1.82, 2.24) is 19.8 Å². The Bertz CT molecular complexity index is 447. The molecule has 2 heterocycles. The van der Waals surface area contributed by atoms with E-state index >= 15 is 0 Å². The van der Waals surface area contributed by atoms with Crippen LogP contribution in [0.25, 0.3) is 0 Å². The molecule has 1 N–H and O–H groups in total. The summed E-state index contributed by atoms with van der Waals surface area (Å²) in [5, 5.41) is 0. The van der Waals surface area contributed by atoms with E-state index in [4.69, 9.17) is 0 Å². The van der Waals surface area contributed by atoms with Crippen molar-refractivity contribution in [3.63, 3.8) is 0 Å². The molecular weight excluding hydrogens is 331 g/mol. The first-order valence-electron chi connectivity index (χ1n) is 5.71. The van der Waals surface area contributed by atoms with E-state index in [0.717, 1.165) is 31.9 Å². The summed E-state index contributed by atoms with van der Waals surface area (Å²) >= 11 is 2.00. The van der Waals surface area contributed by atoms with Gasteiger partial charge in [-0.2, -0.15) is 0 Å². The van der Waals surface area contributed by atoms with Gasteiger partial charge in [-0.3, -0.25) is 9.69 Å². The highest BCUT2D eigenvalue weighted by atomic mass is 127. The van der Waals surface area contributed by atoms with Gasteiger partial charge in [0.1, 0.15) is 5.82 Å². The van der Waals surface area contributed by atoms with Crippen LogP contribution in [-0.4, -0.2) is 53.5 Å². The molecule has 0 radical (unpaired) electrons. The summed E-state index contributed by atoms with van der Waals surface area (Å²) in [4.78, 5) is 23.4. The molecule has 0 aromatic carbocycles. The van der Waals surface area contributed by atoms with Crippen molar-refractivity contribution in [2.75, 3.05) is 33.7 Å². The highest BCUT2D eigenvalue weighted by Gasteiger charge is 2.23. The minimum absolute atomic E-state index is 0.0455. The molecule has 1 aromatic rings. The van der Waals surface area contributed by atoms with Gasteiger partial charge < -0.3 is 9.88 Å². The lowest BCUT2D eigenvalue weighted by atomic mass is 10.2. The molecule has 94 valence electrons. The van der Waals surface area contributed by atoms with Crippen molar-refractivity contribution in [3.05, 3.63) is 25.9 Å². The predicted molar refractivity (Wildman–Crippen MR) is 75.1 cm³/mol. The average Bonchev–Trinajstić information content (AvgIpc) is 2.45. The van der Waals surface area contributed by atoms with Crippen LogP contribution in [0.5, 0.6) is 0 Å². The zero-order chi connectivity index (χ0) is 12.4. The van der Waals surface area contributed by atoms with Crippen LogP contribution in [0.1, 0.15) is 18.3 Å². The number of rotatable bonds is 1. The van der Waals surface area contributed by atoms with E-state index in [1.54, 1.807) is 6.20 Å². The number of aromatic amines is 1. The lowest BCUT2D eigenvalue weighted by molar-refractivity contribution is 0.219. The maximum atomic E-state index is 11.6. The molecule has 1 fully saturated rings. The Morgan fingerprint density at radius 2 is 2.24 bits per heavy atom. The van der Waals surface area contributed by atoms with Gasteiger partial charge in [-0.05, 0) is 56.2 Å². The maximum absolute atomic E-state index is 11.6. The van der Waals surface area contributed by atoms with Crippen LogP contribution in [0.2, 0.25) is 0 Å². The molecule has 0 saturated carbocycles. The fourth-order valence-electron chi connectivity index (χ4n) is 2.13. The third kappa shape index (κ3) is 3.05. The van der Waals surface area contributed by atoms with E-state index in [1.165, 1.54) is 0 Å². The quantitative estimate of drug-likeness (QED) is 0.759. The molecule has 1 atom stereocenters. The third-order valence-corrected chi connectivity index (χ3v) is 3.93. The molecule has 0 spiro atoms. The zero-order valence-electron chi connectivity index (χ0n) is 10.1.